The summed E-state index contributed by atoms with van der Waals surface area (Å²) in [6.45, 7) is 2.06. The molecule has 0 spiro atoms. The van der Waals surface area contributed by atoms with Crippen LogP contribution in [0.3, 0.4) is 0 Å². The molecule has 0 bridgehead atoms. The summed E-state index contributed by atoms with van der Waals surface area (Å²) in [5.41, 5.74) is 2.44. The molecule has 0 aliphatic heterocycles. The molecule has 2 rings (SSSR count). The second-order valence-corrected chi connectivity index (χ2v) is 4.79. The first-order valence-electron chi connectivity index (χ1n) is 6.85. The predicted molar refractivity (Wildman–Crippen MR) is 81.7 cm³/mol. The molecule has 0 aliphatic carbocycles. The van der Waals surface area contributed by atoms with Crippen LogP contribution in [-0.4, -0.2) is 17.1 Å². The van der Waals surface area contributed by atoms with E-state index < -0.39 is 6.10 Å². The molecule has 4 nitrogen and oxygen atoms in total. The number of rotatable bonds is 6. The number of aliphatic hydroxyl groups excluding tert-OH is 1. The second-order valence-electron chi connectivity index (χ2n) is 4.79. The van der Waals surface area contributed by atoms with Gasteiger partial charge in [-0.05, 0) is 30.2 Å². The zero-order chi connectivity index (χ0) is 15.1. The molecule has 2 N–H and O–H groups in total. The van der Waals surface area contributed by atoms with Crippen LogP contribution >= 0.6 is 0 Å². The van der Waals surface area contributed by atoms with Crippen LogP contribution in [0.2, 0.25) is 0 Å². The molecular formula is C17H19NO3. The molecular weight excluding hydrogens is 266 g/mol. The number of ether oxygens (including phenoxy) is 1. The lowest BCUT2D eigenvalue weighted by Gasteiger charge is -2.14. The molecule has 0 aliphatic rings. The molecule has 4 heteroatoms. The number of benzene rings is 2. The lowest BCUT2D eigenvalue weighted by atomic mass is 10.2. The largest absolute Gasteiger partial charge is 0.392 e. The molecule has 0 heterocycles. The minimum atomic E-state index is -0.553. The minimum Gasteiger partial charge on any atom is -0.392 e. The SMILES string of the molecule is CC(OCc1ccccc1)C(=O)Nc1cccc(CO)c1. The van der Waals surface area contributed by atoms with Gasteiger partial charge in [-0.15, -0.1) is 0 Å². The van der Waals surface area contributed by atoms with Crippen LogP contribution in [0, 0.1) is 0 Å². The van der Waals surface area contributed by atoms with Crippen molar-refractivity contribution in [3.05, 3.63) is 65.7 Å². The van der Waals surface area contributed by atoms with Crippen LogP contribution in [0.5, 0.6) is 0 Å². The summed E-state index contributed by atoms with van der Waals surface area (Å²) in [6, 6.07) is 16.8. The van der Waals surface area contributed by atoms with Crippen molar-refractivity contribution in [2.24, 2.45) is 0 Å². The van der Waals surface area contributed by atoms with Crippen molar-refractivity contribution in [3.8, 4) is 0 Å². The zero-order valence-corrected chi connectivity index (χ0v) is 12.0. The Hall–Kier alpha value is -2.17. The fourth-order valence-corrected chi connectivity index (χ4v) is 1.86. The summed E-state index contributed by atoms with van der Waals surface area (Å²) >= 11 is 0. The van der Waals surface area contributed by atoms with E-state index in [1.54, 1.807) is 31.2 Å². The van der Waals surface area contributed by atoms with E-state index in [-0.39, 0.29) is 12.5 Å². The average molecular weight is 285 g/mol. The molecule has 0 radical (unpaired) electrons. The van der Waals surface area contributed by atoms with Gasteiger partial charge in [-0.1, -0.05) is 42.5 Å². The molecule has 0 fully saturated rings. The van der Waals surface area contributed by atoms with Gasteiger partial charge in [-0.3, -0.25) is 4.79 Å². The van der Waals surface area contributed by atoms with Crippen LogP contribution < -0.4 is 5.32 Å². The number of nitrogens with one attached hydrogen (secondary N) is 1. The van der Waals surface area contributed by atoms with E-state index in [4.69, 9.17) is 9.84 Å². The van der Waals surface area contributed by atoms with Gasteiger partial charge in [0.25, 0.3) is 5.91 Å². The molecule has 1 unspecified atom stereocenters. The van der Waals surface area contributed by atoms with E-state index in [2.05, 4.69) is 5.32 Å². The fourth-order valence-electron chi connectivity index (χ4n) is 1.86. The van der Waals surface area contributed by atoms with Crippen LogP contribution in [0.15, 0.2) is 54.6 Å². The molecule has 0 aromatic heterocycles. The van der Waals surface area contributed by atoms with Crippen LogP contribution in [0.1, 0.15) is 18.1 Å². The monoisotopic (exact) mass is 285 g/mol. The first-order valence-corrected chi connectivity index (χ1v) is 6.85. The fraction of sp³-hybridized carbons (Fsp3) is 0.235. The molecule has 0 saturated heterocycles. The third-order valence-corrected chi connectivity index (χ3v) is 3.09. The van der Waals surface area contributed by atoms with E-state index >= 15 is 0 Å². The van der Waals surface area contributed by atoms with E-state index in [9.17, 15) is 4.79 Å². The Morgan fingerprint density at radius 1 is 1.14 bits per heavy atom. The van der Waals surface area contributed by atoms with E-state index in [1.165, 1.54) is 0 Å². The summed E-state index contributed by atoms with van der Waals surface area (Å²) in [5, 5.41) is 11.9. The van der Waals surface area contributed by atoms with Gasteiger partial charge in [-0.25, -0.2) is 0 Å². The van der Waals surface area contributed by atoms with Crippen molar-refractivity contribution < 1.29 is 14.6 Å². The maximum atomic E-state index is 12.0. The first kappa shape index (κ1) is 15.2. The number of carbonyl (C=O) groups is 1. The van der Waals surface area contributed by atoms with Crippen molar-refractivity contribution in [2.45, 2.75) is 26.2 Å². The summed E-state index contributed by atoms with van der Waals surface area (Å²) < 4.78 is 5.56. The molecule has 0 saturated carbocycles. The molecule has 110 valence electrons. The summed E-state index contributed by atoms with van der Waals surface area (Å²) in [4.78, 5) is 12.0. The van der Waals surface area contributed by atoms with Gasteiger partial charge in [0.15, 0.2) is 0 Å². The maximum Gasteiger partial charge on any atom is 0.253 e. The Labute approximate surface area is 124 Å². The Bertz CT molecular complexity index is 584. The Kier molecular flexibility index (Phi) is 5.49. The molecule has 1 amide bonds. The number of amides is 1. The first-order chi connectivity index (χ1) is 10.2. The lowest BCUT2D eigenvalue weighted by molar-refractivity contribution is -0.127. The standard InChI is InChI=1S/C17H19NO3/c1-13(21-12-14-6-3-2-4-7-14)17(20)18-16-9-5-8-15(10-16)11-19/h2-10,13,19H,11-12H2,1H3,(H,18,20). The average Bonchev–Trinajstić information content (AvgIpc) is 2.53. The van der Waals surface area contributed by atoms with Crippen LogP contribution in [0.25, 0.3) is 0 Å². The lowest BCUT2D eigenvalue weighted by Crippen LogP contribution is -2.27. The Morgan fingerprint density at radius 2 is 1.86 bits per heavy atom. The summed E-state index contributed by atoms with van der Waals surface area (Å²) in [6.07, 6.45) is -0.553. The van der Waals surface area contributed by atoms with Crippen molar-refractivity contribution in [3.63, 3.8) is 0 Å². The van der Waals surface area contributed by atoms with E-state index in [0.29, 0.717) is 12.3 Å². The molecule has 1 atom stereocenters. The highest BCUT2D eigenvalue weighted by Gasteiger charge is 2.13. The smallest absolute Gasteiger partial charge is 0.253 e. The van der Waals surface area contributed by atoms with Crippen molar-refractivity contribution in [1.82, 2.24) is 0 Å². The predicted octanol–water partition coefficient (Wildman–Crippen LogP) is 2.72. The summed E-state index contributed by atoms with van der Waals surface area (Å²) in [7, 11) is 0. The van der Waals surface area contributed by atoms with Crippen molar-refractivity contribution >= 4 is 11.6 Å². The van der Waals surface area contributed by atoms with Gasteiger partial charge in [0, 0.05) is 5.69 Å². The zero-order valence-electron chi connectivity index (χ0n) is 12.0. The third kappa shape index (κ3) is 4.70. The molecule has 2 aromatic carbocycles. The van der Waals surface area contributed by atoms with Gasteiger partial charge < -0.3 is 15.2 Å². The minimum absolute atomic E-state index is 0.0518. The highest BCUT2D eigenvalue weighted by molar-refractivity contribution is 5.93. The van der Waals surface area contributed by atoms with Gasteiger partial charge in [-0.2, -0.15) is 0 Å². The summed E-state index contributed by atoms with van der Waals surface area (Å²) in [5.74, 6) is -0.207. The normalized spacial score (nSPS) is 11.9. The number of aliphatic hydroxyl groups is 1. The van der Waals surface area contributed by atoms with Gasteiger partial charge in [0.1, 0.15) is 6.10 Å². The maximum absolute atomic E-state index is 12.0. The molecule has 2 aromatic rings. The highest BCUT2D eigenvalue weighted by atomic mass is 16.5. The van der Waals surface area contributed by atoms with E-state index in [1.807, 2.05) is 30.3 Å². The Balaban J connectivity index is 1.87. The topological polar surface area (TPSA) is 58.6 Å². The quantitative estimate of drug-likeness (QED) is 0.858. The van der Waals surface area contributed by atoms with Gasteiger partial charge >= 0.3 is 0 Å². The highest BCUT2D eigenvalue weighted by Crippen LogP contribution is 2.12. The third-order valence-electron chi connectivity index (χ3n) is 3.09. The Morgan fingerprint density at radius 3 is 2.57 bits per heavy atom. The van der Waals surface area contributed by atoms with Crippen molar-refractivity contribution in [2.75, 3.05) is 5.32 Å². The number of carbonyl (C=O) groups excluding carboxylic acids is 1. The number of hydrogen-bond donors (Lipinski definition) is 2. The molecule has 21 heavy (non-hydrogen) atoms. The van der Waals surface area contributed by atoms with Gasteiger partial charge in [0.05, 0.1) is 13.2 Å². The van der Waals surface area contributed by atoms with Crippen LogP contribution in [0.4, 0.5) is 5.69 Å². The van der Waals surface area contributed by atoms with Crippen molar-refractivity contribution in [1.29, 1.82) is 0 Å². The number of hydrogen-bond acceptors (Lipinski definition) is 3. The van der Waals surface area contributed by atoms with E-state index in [0.717, 1.165) is 11.1 Å². The second kappa shape index (κ2) is 7.57. The van der Waals surface area contributed by atoms with Gasteiger partial charge in [0.2, 0.25) is 0 Å². The number of anilines is 1. The van der Waals surface area contributed by atoms with Crippen LogP contribution in [-0.2, 0) is 22.7 Å².